The van der Waals surface area contributed by atoms with E-state index in [0.29, 0.717) is 11.3 Å². The highest BCUT2D eigenvalue weighted by Crippen LogP contribution is 2.27. The van der Waals surface area contributed by atoms with Crippen molar-refractivity contribution in [1.82, 2.24) is 4.98 Å². The summed E-state index contributed by atoms with van der Waals surface area (Å²) in [4.78, 5) is 28.2. The van der Waals surface area contributed by atoms with Crippen LogP contribution in [0.4, 0.5) is 5.69 Å². The molecule has 110 valence electrons. The molecule has 0 amide bonds. The highest BCUT2D eigenvalue weighted by Gasteiger charge is 2.25. The van der Waals surface area contributed by atoms with Crippen molar-refractivity contribution in [1.29, 1.82) is 0 Å². The van der Waals surface area contributed by atoms with Gasteiger partial charge in [0, 0.05) is 22.6 Å². The average Bonchev–Trinajstić information content (AvgIpc) is 2.59. The summed E-state index contributed by atoms with van der Waals surface area (Å²) in [6.45, 7) is 0. The summed E-state index contributed by atoms with van der Waals surface area (Å²) in [6, 6.07) is 16.9. The first-order valence-corrected chi connectivity index (χ1v) is 7.24. The summed E-state index contributed by atoms with van der Waals surface area (Å²) in [5, 5.41) is 4.21. The smallest absolute Gasteiger partial charge is 0.233 e. The number of pyridine rings is 1. The molecule has 2 aromatic carbocycles. The Morgan fingerprint density at radius 1 is 0.870 bits per heavy atom. The third-order valence-corrected chi connectivity index (χ3v) is 3.83. The van der Waals surface area contributed by atoms with Crippen LogP contribution in [-0.4, -0.2) is 16.6 Å². The molecule has 0 saturated heterocycles. The van der Waals surface area contributed by atoms with Crippen molar-refractivity contribution in [2.75, 3.05) is 5.32 Å². The van der Waals surface area contributed by atoms with Gasteiger partial charge >= 0.3 is 0 Å². The van der Waals surface area contributed by atoms with Crippen LogP contribution in [0.5, 0.6) is 0 Å². The molecule has 1 aliphatic carbocycles. The van der Waals surface area contributed by atoms with Gasteiger partial charge in [0.05, 0.1) is 23.1 Å². The minimum Gasteiger partial charge on any atom is -0.354 e. The minimum atomic E-state index is -0.514. The van der Waals surface area contributed by atoms with E-state index in [1.165, 1.54) is 6.08 Å². The van der Waals surface area contributed by atoms with Crippen LogP contribution in [-0.2, 0) is 4.79 Å². The Kier molecular flexibility index (Phi) is 3.01. The van der Waals surface area contributed by atoms with E-state index >= 15 is 0 Å². The van der Waals surface area contributed by atoms with Gasteiger partial charge < -0.3 is 5.32 Å². The van der Waals surface area contributed by atoms with E-state index in [1.807, 2.05) is 42.5 Å². The van der Waals surface area contributed by atoms with E-state index in [-0.39, 0.29) is 0 Å². The number of hydrogen-bond donors (Lipinski definition) is 1. The average molecular weight is 300 g/mol. The lowest BCUT2D eigenvalue weighted by Gasteiger charge is -2.17. The van der Waals surface area contributed by atoms with Crippen LogP contribution in [0.3, 0.4) is 0 Å². The fourth-order valence-electron chi connectivity index (χ4n) is 2.72. The number of Topliss-reactive ketones (excluding diaryl/α,β-unsaturated/α-hetero) is 1. The first kappa shape index (κ1) is 13.4. The maximum Gasteiger partial charge on any atom is 0.233 e. The number of rotatable bonds is 2. The van der Waals surface area contributed by atoms with Crippen molar-refractivity contribution < 1.29 is 9.59 Å². The van der Waals surface area contributed by atoms with E-state index in [2.05, 4.69) is 10.3 Å². The molecule has 0 atom stereocenters. The van der Waals surface area contributed by atoms with Crippen LogP contribution >= 0.6 is 0 Å². The summed E-state index contributed by atoms with van der Waals surface area (Å²) in [7, 11) is 0. The second-order valence-electron chi connectivity index (χ2n) is 5.34. The Labute approximate surface area is 132 Å². The maximum atomic E-state index is 12.0. The highest BCUT2D eigenvalue weighted by atomic mass is 16.2. The van der Waals surface area contributed by atoms with Gasteiger partial charge in [-0.3, -0.25) is 14.6 Å². The molecule has 0 radical (unpaired) electrons. The number of carbonyl (C=O) groups is 2. The van der Waals surface area contributed by atoms with Crippen LogP contribution in [0.1, 0.15) is 15.9 Å². The van der Waals surface area contributed by atoms with E-state index < -0.39 is 11.6 Å². The molecule has 4 nitrogen and oxygen atoms in total. The minimum absolute atomic E-state index is 0.427. The molecule has 3 aromatic rings. The molecule has 4 heteroatoms. The van der Waals surface area contributed by atoms with Crippen LogP contribution in [0.2, 0.25) is 0 Å². The molecule has 1 heterocycles. The molecular weight excluding hydrogens is 288 g/mol. The maximum absolute atomic E-state index is 12.0. The molecule has 0 fully saturated rings. The van der Waals surface area contributed by atoms with Gasteiger partial charge in [-0.2, -0.15) is 0 Å². The van der Waals surface area contributed by atoms with Gasteiger partial charge in [-0.15, -0.1) is 0 Å². The predicted molar refractivity (Wildman–Crippen MR) is 89.1 cm³/mol. The van der Waals surface area contributed by atoms with E-state index in [9.17, 15) is 9.59 Å². The molecule has 0 saturated carbocycles. The number of aromatic nitrogens is 1. The summed E-state index contributed by atoms with van der Waals surface area (Å²) in [6.07, 6.45) is 3.06. The third-order valence-electron chi connectivity index (χ3n) is 3.83. The SMILES string of the molecule is O=C1C=C(Nc2cnc3ccccc3c2)c2ccccc2C1=O. The van der Waals surface area contributed by atoms with Crippen molar-refractivity contribution in [2.24, 2.45) is 0 Å². The standard InChI is InChI=1S/C19H12N2O2/c22-18-10-17(14-6-2-3-7-15(14)19(18)23)21-13-9-12-5-1-4-8-16(12)20-11-13/h1-11,21H. The van der Waals surface area contributed by atoms with Crippen LogP contribution < -0.4 is 5.32 Å². The monoisotopic (exact) mass is 300 g/mol. The van der Waals surface area contributed by atoms with E-state index in [4.69, 9.17) is 0 Å². The predicted octanol–water partition coefficient (Wildman–Crippen LogP) is 3.45. The fourth-order valence-corrected chi connectivity index (χ4v) is 2.72. The lowest BCUT2D eigenvalue weighted by molar-refractivity contribution is -0.111. The fraction of sp³-hybridized carbons (Fsp3) is 0. The van der Waals surface area contributed by atoms with Gasteiger partial charge in [0.25, 0.3) is 0 Å². The Morgan fingerprint density at radius 3 is 2.48 bits per heavy atom. The van der Waals surface area contributed by atoms with Gasteiger partial charge in [-0.1, -0.05) is 42.5 Å². The zero-order valence-corrected chi connectivity index (χ0v) is 12.1. The highest BCUT2D eigenvalue weighted by molar-refractivity contribution is 6.50. The molecule has 1 N–H and O–H groups in total. The number of hydrogen-bond acceptors (Lipinski definition) is 4. The van der Waals surface area contributed by atoms with Crippen LogP contribution in [0.25, 0.3) is 16.6 Å². The van der Waals surface area contributed by atoms with Gasteiger partial charge in [0.15, 0.2) is 0 Å². The van der Waals surface area contributed by atoms with Gasteiger partial charge in [-0.05, 0) is 12.1 Å². The van der Waals surface area contributed by atoms with Crippen molar-refractivity contribution in [2.45, 2.75) is 0 Å². The van der Waals surface area contributed by atoms with Crippen LogP contribution in [0, 0.1) is 0 Å². The molecule has 0 unspecified atom stereocenters. The number of nitrogens with zero attached hydrogens (tertiary/aromatic N) is 1. The molecule has 1 aliphatic rings. The lowest BCUT2D eigenvalue weighted by atomic mass is 9.93. The molecule has 1 aromatic heterocycles. The number of allylic oxidation sites excluding steroid dienone is 1. The van der Waals surface area contributed by atoms with E-state index in [0.717, 1.165) is 22.2 Å². The summed E-state index contributed by atoms with van der Waals surface area (Å²) in [5.74, 6) is -0.984. The first-order chi connectivity index (χ1) is 11.2. The Morgan fingerprint density at radius 2 is 1.61 bits per heavy atom. The molecule has 0 aliphatic heterocycles. The summed E-state index contributed by atoms with van der Waals surface area (Å²) in [5.41, 5.74) is 3.44. The lowest BCUT2D eigenvalue weighted by Crippen LogP contribution is -2.20. The molecule has 0 bridgehead atoms. The number of nitrogens with one attached hydrogen (secondary N) is 1. The number of fused-ring (bicyclic) bond motifs is 2. The topological polar surface area (TPSA) is 59.1 Å². The van der Waals surface area contributed by atoms with Crippen LogP contribution in [0.15, 0.2) is 66.9 Å². The zero-order valence-electron chi connectivity index (χ0n) is 12.1. The summed E-state index contributed by atoms with van der Waals surface area (Å²) >= 11 is 0. The van der Waals surface area contributed by atoms with Gasteiger partial charge in [-0.25, -0.2) is 0 Å². The normalized spacial score (nSPS) is 13.7. The third kappa shape index (κ3) is 2.30. The largest absolute Gasteiger partial charge is 0.354 e. The number of carbonyl (C=O) groups excluding carboxylic acids is 2. The Bertz CT molecular complexity index is 989. The van der Waals surface area contributed by atoms with Crippen molar-refractivity contribution in [3.05, 3.63) is 78.0 Å². The second kappa shape index (κ2) is 5.18. The Balaban J connectivity index is 1.76. The number of anilines is 1. The quantitative estimate of drug-likeness (QED) is 0.736. The molecule has 4 rings (SSSR count). The Hall–Kier alpha value is -3.27. The number of ketones is 2. The number of para-hydroxylation sites is 1. The summed E-state index contributed by atoms with van der Waals surface area (Å²) < 4.78 is 0. The molecule has 23 heavy (non-hydrogen) atoms. The molecular formula is C19H12N2O2. The van der Waals surface area contributed by atoms with Crippen molar-refractivity contribution in [3.63, 3.8) is 0 Å². The zero-order chi connectivity index (χ0) is 15.8. The van der Waals surface area contributed by atoms with Gasteiger partial charge in [0.2, 0.25) is 11.6 Å². The number of benzene rings is 2. The van der Waals surface area contributed by atoms with Crippen molar-refractivity contribution >= 4 is 33.9 Å². The van der Waals surface area contributed by atoms with E-state index in [1.54, 1.807) is 18.3 Å². The first-order valence-electron chi connectivity index (χ1n) is 7.24. The molecule has 0 spiro atoms. The van der Waals surface area contributed by atoms with Gasteiger partial charge in [0.1, 0.15) is 0 Å². The second-order valence-corrected chi connectivity index (χ2v) is 5.34. The van der Waals surface area contributed by atoms with Crippen molar-refractivity contribution in [3.8, 4) is 0 Å².